The Hall–Kier alpha value is -1.75. The first kappa shape index (κ1) is 11.7. The lowest BCUT2D eigenvalue weighted by atomic mass is 10.0. The number of hydrogen-bond donors (Lipinski definition) is 1. The maximum absolute atomic E-state index is 5.51. The molecule has 1 heterocycles. The SMILES string of the molecule is CC(C)c1ccc(-c2nnnn2CCN)cc1. The van der Waals surface area contributed by atoms with Crippen LogP contribution in [0.4, 0.5) is 0 Å². The molecule has 0 saturated heterocycles. The van der Waals surface area contributed by atoms with Crippen LogP contribution in [-0.4, -0.2) is 26.8 Å². The molecular formula is C12H17N5. The summed E-state index contributed by atoms with van der Waals surface area (Å²) < 4.78 is 1.73. The summed E-state index contributed by atoms with van der Waals surface area (Å²) in [5, 5.41) is 11.6. The fourth-order valence-corrected chi connectivity index (χ4v) is 1.70. The van der Waals surface area contributed by atoms with E-state index in [1.165, 1.54) is 5.56 Å². The average molecular weight is 231 g/mol. The molecule has 0 aliphatic rings. The fourth-order valence-electron chi connectivity index (χ4n) is 1.70. The van der Waals surface area contributed by atoms with Crippen LogP contribution in [0.2, 0.25) is 0 Å². The van der Waals surface area contributed by atoms with Crippen LogP contribution >= 0.6 is 0 Å². The third kappa shape index (κ3) is 2.50. The van der Waals surface area contributed by atoms with Crippen molar-refractivity contribution in [1.29, 1.82) is 0 Å². The summed E-state index contributed by atoms with van der Waals surface area (Å²) in [6.07, 6.45) is 0. The van der Waals surface area contributed by atoms with E-state index in [-0.39, 0.29) is 0 Å². The molecule has 1 aromatic heterocycles. The maximum Gasteiger partial charge on any atom is 0.182 e. The van der Waals surface area contributed by atoms with Gasteiger partial charge in [-0.1, -0.05) is 38.1 Å². The second kappa shape index (κ2) is 5.05. The topological polar surface area (TPSA) is 69.6 Å². The smallest absolute Gasteiger partial charge is 0.182 e. The Kier molecular flexibility index (Phi) is 3.49. The first-order chi connectivity index (χ1) is 8.22. The summed E-state index contributed by atoms with van der Waals surface area (Å²) in [6.45, 7) is 5.51. The van der Waals surface area contributed by atoms with E-state index in [0.717, 1.165) is 11.4 Å². The van der Waals surface area contributed by atoms with Crippen molar-refractivity contribution in [3.63, 3.8) is 0 Å². The molecule has 0 bridgehead atoms. The predicted molar refractivity (Wildman–Crippen MR) is 66.4 cm³/mol. The molecule has 5 heteroatoms. The highest BCUT2D eigenvalue weighted by molar-refractivity contribution is 5.55. The molecule has 0 saturated carbocycles. The number of rotatable bonds is 4. The van der Waals surface area contributed by atoms with E-state index in [2.05, 4.69) is 41.5 Å². The van der Waals surface area contributed by atoms with Crippen molar-refractivity contribution in [1.82, 2.24) is 20.2 Å². The molecule has 0 aliphatic heterocycles. The van der Waals surface area contributed by atoms with Gasteiger partial charge in [0, 0.05) is 12.1 Å². The van der Waals surface area contributed by atoms with E-state index >= 15 is 0 Å². The fraction of sp³-hybridized carbons (Fsp3) is 0.417. The number of benzene rings is 1. The predicted octanol–water partition coefficient (Wildman–Crippen LogP) is 1.42. The van der Waals surface area contributed by atoms with Crippen LogP contribution in [0.3, 0.4) is 0 Å². The van der Waals surface area contributed by atoms with Crippen LogP contribution in [0.1, 0.15) is 25.3 Å². The lowest BCUT2D eigenvalue weighted by molar-refractivity contribution is 0.603. The molecule has 2 rings (SSSR count). The van der Waals surface area contributed by atoms with Crippen molar-refractivity contribution in [2.45, 2.75) is 26.3 Å². The van der Waals surface area contributed by atoms with Gasteiger partial charge >= 0.3 is 0 Å². The van der Waals surface area contributed by atoms with Crippen molar-refractivity contribution in [2.24, 2.45) is 5.73 Å². The van der Waals surface area contributed by atoms with Gasteiger partial charge < -0.3 is 5.73 Å². The highest BCUT2D eigenvalue weighted by atomic mass is 15.5. The first-order valence-electron chi connectivity index (χ1n) is 5.79. The van der Waals surface area contributed by atoms with Crippen molar-refractivity contribution in [3.05, 3.63) is 29.8 Å². The van der Waals surface area contributed by atoms with Gasteiger partial charge in [0.15, 0.2) is 5.82 Å². The maximum atomic E-state index is 5.51. The molecule has 0 fully saturated rings. The molecule has 0 atom stereocenters. The van der Waals surface area contributed by atoms with Crippen molar-refractivity contribution < 1.29 is 0 Å². The van der Waals surface area contributed by atoms with Gasteiger partial charge in [0.1, 0.15) is 0 Å². The Morgan fingerprint density at radius 1 is 1.24 bits per heavy atom. The summed E-state index contributed by atoms with van der Waals surface area (Å²) in [7, 11) is 0. The Balaban J connectivity index is 2.30. The number of aromatic nitrogens is 4. The Morgan fingerprint density at radius 3 is 2.53 bits per heavy atom. The highest BCUT2D eigenvalue weighted by Gasteiger charge is 2.08. The second-order valence-electron chi connectivity index (χ2n) is 4.29. The lowest BCUT2D eigenvalue weighted by Crippen LogP contribution is -2.12. The number of tetrazole rings is 1. The van der Waals surface area contributed by atoms with Gasteiger partial charge in [-0.2, -0.15) is 0 Å². The molecular weight excluding hydrogens is 214 g/mol. The molecule has 2 N–H and O–H groups in total. The van der Waals surface area contributed by atoms with Crippen molar-refractivity contribution in [2.75, 3.05) is 6.54 Å². The van der Waals surface area contributed by atoms with Gasteiger partial charge in [0.25, 0.3) is 0 Å². The van der Waals surface area contributed by atoms with E-state index in [9.17, 15) is 0 Å². The number of nitrogens with two attached hydrogens (primary N) is 1. The molecule has 5 nitrogen and oxygen atoms in total. The van der Waals surface area contributed by atoms with Crippen LogP contribution < -0.4 is 5.73 Å². The van der Waals surface area contributed by atoms with E-state index in [0.29, 0.717) is 19.0 Å². The van der Waals surface area contributed by atoms with E-state index in [4.69, 9.17) is 5.73 Å². The van der Waals surface area contributed by atoms with Gasteiger partial charge in [0.2, 0.25) is 0 Å². The number of hydrogen-bond acceptors (Lipinski definition) is 4. The van der Waals surface area contributed by atoms with Crippen LogP contribution in [0, 0.1) is 0 Å². The minimum absolute atomic E-state index is 0.530. The average Bonchev–Trinajstić information content (AvgIpc) is 2.78. The normalized spacial score (nSPS) is 11.1. The lowest BCUT2D eigenvalue weighted by Gasteiger charge is -2.06. The Bertz CT molecular complexity index is 472. The molecule has 1 aromatic carbocycles. The van der Waals surface area contributed by atoms with Crippen LogP contribution in [-0.2, 0) is 6.54 Å². The Morgan fingerprint density at radius 2 is 1.94 bits per heavy atom. The summed E-state index contributed by atoms with van der Waals surface area (Å²) >= 11 is 0. The standard InChI is InChI=1S/C12H17N5/c1-9(2)10-3-5-11(6-4-10)12-14-15-16-17(12)8-7-13/h3-6,9H,7-8,13H2,1-2H3. The van der Waals surface area contributed by atoms with Gasteiger partial charge in [0.05, 0.1) is 6.54 Å². The van der Waals surface area contributed by atoms with E-state index < -0.39 is 0 Å². The second-order valence-corrected chi connectivity index (χ2v) is 4.29. The summed E-state index contributed by atoms with van der Waals surface area (Å²) in [5.74, 6) is 1.30. The molecule has 0 unspecified atom stereocenters. The van der Waals surface area contributed by atoms with Crippen molar-refractivity contribution >= 4 is 0 Å². The van der Waals surface area contributed by atoms with Crippen LogP contribution in [0.25, 0.3) is 11.4 Å². The van der Waals surface area contributed by atoms with Gasteiger partial charge in [-0.15, -0.1) is 5.10 Å². The van der Waals surface area contributed by atoms with Gasteiger partial charge in [-0.3, -0.25) is 0 Å². The minimum atomic E-state index is 0.530. The zero-order valence-electron chi connectivity index (χ0n) is 10.2. The van der Waals surface area contributed by atoms with Crippen molar-refractivity contribution in [3.8, 4) is 11.4 Å². The first-order valence-corrected chi connectivity index (χ1v) is 5.79. The van der Waals surface area contributed by atoms with Crippen LogP contribution in [0.15, 0.2) is 24.3 Å². The molecule has 0 amide bonds. The molecule has 2 aromatic rings. The zero-order chi connectivity index (χ0) is 12.3. The largest absolute Gasteiger partial charge is 0.329 e. The monoisotopic (exact) mass is 231 g/mol. The third-order valence-corrected chi connectivity index (χ3v) is 2.71. The molecule has 0 spiro atoms. The number of nitrogens with zero attached hydrogens (tertiary/aromatic N) is 4. The summed E-state index contributed by atoms with van der Waals surface area (Å²) in [4.78, 5) is 0. The highest BCUT2D eigenvalue weighted by Crippen LogP contribution is 2.20. The van der Waals surface area contributed by atoms with E-state index in [1.54, 1.807) is 4.68 Å². The van der Waals surface area contributed by atoms with Gasteiger partial charge in [-0.05, 0) is 21.9 Å². The zero-order valence-corrected chi connectivity index (χ0v) is 10.2. The molecule has 17 heavy (non-hydrogen) atoms. The quantitative estimate of drug-likeness (QED) is 0.864. The summed E-state index contributed by atoms with van der Waals surface area (Å²) in [5.41, 5.74) is 7.85. The molecule has 0 radical (unpaired) electrons. The molecule has 90 valence electrons. The van der Waals surface area contributed by atoms with Crippen LogP contribution in [0.5, 0.6) is 0 Å². The summed E-state index contributed by atoms with van der Waals surface area (Å²) in [6, 6.07) is 8.32. The Labute approximate surface area is 101 Å². The minimum Gasteiger partial charge on any atom is -0.329 e. The third-order valence-electron chi connectivity index (χ3n) is 2.71. The van der Waals surface area contributed by atoms with Gasteiger partial charge in [-0.25, -0.2) is 4.68 Å². The van der Waals surface area contributed by atoms with E-state index in [1.807, 2.05) is 12.1 Å². The molecule has 0 aliphatic carbocycles.